The number of rotatable bonds is 1. The number of hydrazone groups is 1. The summed E-state index contributed by atoms with van der Waals surface area (Å²) in [4.78, 5) is 24.9. The van der Waals surface area contributed by atoms with Crippen molar-refractivity contribution in [1.82, 2.24) is 5.01 Å². The number of nitrogens with zero attached hydrogens (tertiary/aromatic N) is 2. The summed E-state index contributed by atoms with van der Waals surface area (Å²) in [5.74, 6) is -0.452. The van der Waals surface area contributed by atoms with Crippen molar-refractivity contribution in [3.05, 3.63) is 65.7 Å². The number of anilines is 1. The van der Waals surface area contributed by atoms with Gasteiger partial charge in [0, 0.05) is 24.6 Å². The van der Waals surface area contributed by atoms with E-state index in [1.54, 1.807) is 0 Å². The molecule has 0 saturated heterocycles. The predicted octanol–water partition coefficient (Wildman–Crippen LogP) is 2.49. The zero-order valence-electron chi connectivity index (χ0n) is 12.6. The van der Waals surface area contributed by atoms with Crippen LogP contribution in [0.2, 0.25) is 0 Å². The van der Waals surface area contributed by atoms with Crippen molar-refractivity contribution in [3.63, 3.8) is 0 Å². The van der Waals surface area contributed by atoms with Crippen molar-refractivity contribution in [2.24, 2.45) is 5.10 Å². The Morgan fingerprint density at radius 2 is 1.83 bits per heavy atom. The van der Waals surface area contributed by atoms with Crippen LogP contribution in [-0.4, -0.2) is 22.5 Å². The minimum absolute atomic E-state index is 0.205. The van der Waals surface area contributed by atoms with E-state index in [9.17, 15) is 9.59 Å². The summed E-state index contributed by atoms with van der Waals surface area (Å²) in [6.45, 7) is 1.44. The molecule has 2 amide bonds. The first-order chi connectivity index (χ1) is 11.1. The standard InChI is InChI=1S/C18H15N3O2/c1-12(22)21-18(11-16(20-21)13-7-3-2-4-8-13)14-9-5-6-10-15(14)19-17(18)23/h2-10H,11H2,1H3,(H,19,23)/t18-/m1/s1. The van der Waals surface area contributed by atoms with Crippen LogP contribution in [0.3, 0.4) is 0 Å². The number of benzene rings is 2. The van der Waals surface area contributed by atoms with Crippen LogP contribution >= 0.6 is 0 Å². The van der Waals surface area contributed by atoms with Gasteiger partial charge >= 0.3 is 0 Å². The number of fused-ring (bicyclic) bond motifs is 2. The van der Waals surface area contributed by atoms with Gasteiger partial charge in [-0.2, -0.15) is 5.10 Å². The second kappa shape index (κ2) is 4.78. The van der Waals surface area contributed by atoms with Crippen molar-refractivity contribution >= 4 is 23.2 Å². The molecule has 2 aliphatic heterocycles. The fourth-order valence-corrected chi connectivity index (χ4v) is 3.37. The molecule has 2 aliphatic rings. The average Bonchev–Trinajstić information content (AvgIpc) is 3.10. The zero-order valence-corrected chi connectivity index (χ0v) is 12.6. The van der Waals surface area contributed by atoms with Gasteiger partial charge in [0.25, 0.3) is 5.91 Å². The quantitative estimate of drug-likeness (QED) is 0.880. The third-order valence-electron chi connectivity index (χ3n) is 4.41. The Balaban J connectivity index is 1.87. The molecular weight excluding hydrogens is 290 g/mol. The van der Waals surface area contributed by atoms with E-state index in [1.165, 1.54) is 11.9 Å². The van der Waals surface area contributed by atoms with E-state index in [2.05, 4.69) is 10.4 Å². The molecule has 2 aromatic rings. The number of nitrogens with one attached hydrogen (secondary N) is 1. The monoisotopic (exact) mass is 305 g/mol. The minimum Gasteiger partial charge on any atom is -0.323 e. The van der Waals surface area contributed by atoms with Gasteiger partial charge in [-0.25, -0.2) is 5.01 Å². The molecule has 114 valence electrons. The molecule has 0 saturated carbocycles. The van der Waals surface area contributed by atoms with E-state index in [0.29, 0.717) is 6.42 Å². The minimum atomic E-state index is -1.08. The van der Waals surface area contributed by atoms with Crippen LogP contribution < -0.4 is 5.32 Å². The van der Waals surface area contributed by atoms with E-state index in [4.69, 9.17) is 0 Å². The summed E-state index contributed by atoms with van der Waals surface area (Å²) in [5.41, 5.74) is 2.14. The van der Waals surface area contributed by atoms with Crippen molar-refractivity contribution in [3.8, 4) is 0 Å². The Morgan fingerprint density at radius 3 is 2.57 bits per heavy atom. The van der Waals surface area contributed by atoms with E-state index < -0.39 is 5.54 Å². The molecule has 0 aliphatic carbocycles. The highest BCUT2D eigenvalue weighted by Crippen LogP contribution is 2.47. The summed E-state index contributed by atoms with van der Waals surface area (Å²) < 4.78 is 0. The van der Waals surface area contributed by atoms with Gasteiger partial charge in [-0.1, -0.05) is 48.5 Å². The third kappa shape index (κ3) is 1.83. The molecule has 2 aromatic carbocycles. The second-order valence-electron chi connectivity index (χ2n) is 5.78. The molecule has 5 heteroatoms. The van der Waals surface area contributed by atoms with Gasteiger partial charge in [-0.15, -0.1) is 0 Å². The number of hydrogen-bond acceptors (Lipinski definition) is 3. The van der Waals surface area contributed by atoms with Gasteiger partial charge in [0.2, 0.25) is 5.91 Å². The van der Waals surface area contributed by atoms with Crippen molar-refractivity contribution in [1.29, 1.82) is 0 Å². The maximum Gasteiger partial charge on any atom is 0.257 e. The lowest BCUT2D eigenvalue weighted by Crippen LogP contribution is -2.47. The van der Waals surface area contributed by atoms with Gasteiger partial charge in [0.15, 0.2) is 5.54 Å². The normalized spacial score (nSPS) is 22.0. The largest absolute Gasteiger partial charge is 0.323 e. The zero-order chi connectivity index (χ0) is 16.0. The first-order valence-corrected chi connectivity index (χ1v) is 7.47. The summed E-state index contributed by atoms with van der Waals surface area (Å²) in [5, 5.41) is 8.69. The van der Waals surface area contributed by atoms with Crippen LogP contribution in [0.15, 0.2) is 59.7 Å². The fraction of sp³-hybridized carbons (Fsp3) is 0.167. The summed E-state index contributed by atoms with van der Waals surface area (Å²) in [6, 6.07) is 17.1. The van der Waals surface area contributed by atoms with Crippen LogP contribution in [0.1, 0.15) is 24.5 Å². The van der Waals surface area contributed by atoms with Gasteiger partial charge in [0.05, 0.1) is 5.71 Å². The van der Waals surface area contributed by atoms with Gasteiger partial charge in [0.1, 0.15) is 0 Å². The van der Waals surface area contributed by atoms with Crippen LogP contribution in [0, 0.1) is 0 Å². The molecule has 0 radical (unpaired) electrons. The SMILES string of the molecule is CC(=O)N1N=C(c2ccccc2)C[C@@]12C(=O)Nc1ccccc12. The van der Waals surface area contributed by atoms with Gasteiger partial charge < -0.3 is 5.32 Å². The fourth-order valence-electron chi connectivity index (χ4n) is 3.37. The van der Waals surface area contributed by atoms with Crippen molar-refractivity contribution in [2.75, 3.05) is 5.32 Å². The topological polar surface area (TPSA) is 61.8 Å². The van der Waals surface area contributed by atoms with Crippen LogP contribution in [0.25, 0.3) is 0 Å². The Hall–Kier alpha value is -2.95. The summed E-state index contributed by atoms with van der Waals surface area (Å²) in [6.07, 6.45) is 0.374. The molecule has 1 N–H and O–H groups in total. The Bertz CT molecular complexity index is 844. The van der Waals surface area contributed by atoms with Crippen LogP contribution in [-0.2, 0) is 15.1 Å². The average molecular weight is 305 g/mol. The van der Waals surface area contributed by atoms with Gasteiger partial charge in [-0.3, -0.25) is 9.59 Å². The Kier molecular flexibility index (Phi) is 2.84. The molecule has 2 heterocycles. The van der Waals surface area contributed by atoms with Crippen LogP contribution in [0.4, 0.5) is 5.69 Å². The molecule has 0 bridgehead atoms. The highest BCUT2D eigenvalue weighted by molar-refractivity contribution is 6.14. The van der Waals surface area contributed by atoms with Gasteiger partial charge in [-0.05, 0) is 11.6 Å². The summed E-state index contributed by atoms with van der Waals surface area (Å²) in [7, 11) is 0. The lowest BCUT2D eigenvalue weighted by Gasteiger charge is -2.29. The number of para-hydroxylation sites is 1. The number of amides is 2. The molecule has 1 spiro atoms. The highest BCUT2D eigenvalue weighted by atomic mass is 16.2. The Labute approximate surface area is 133 Å². The molecule has 0 fully saturated rings. The van der Waals surface area contributed by atoms with E-state index in [1.807, 2.05) is 54.6 Å². The Morgan fingerprint density at radius 1 is 1.13 bits per heavy atom. The maximum absolute atomic E-state index is 12.8. The molecule has 1 atom stereocenters. The predicted molar refractivity (Wildman–Crippen MR) is 86.9 cm³/mol. The van der Waals surface area contributed by atoms with Crippen LogP contribution in [0.5, 0.6) is 0 Å². The number of carbonyl (C=O) groups is 2. The van der Waals surface area contributed by atoms with E-state index in [-0.39, 0.29) is 11.8 Å². The highest BCUT2D eigenvalue weighted by Gasteiger charge is 2.56. The molecule has 0 unspecified atom stereocenters. The molecule has 4 rings (SSSR count). The third-order valence-corrected chi connectivity index (χ3v) is 4.41. The summed E-state index contributed by atoms with van der Waals surface area (Å²) >= 11 is 0. The second-order valence-corrected chi connectivity index (χ2v) is 5.78. The molecule has 0 aromatic heterocycles. The first kappa shape index (κ1) is 13.7. The van der Waals surface area contributed by atoms with E-state index in [0.717, 1.165) is 22.5 Å². The van der Waals surface area contributed by atoms with E-state index >= 15 is 0 Å². The first-order valence-electron chi connectivity index (χ1n) is 7.47. The number of hydrogen-bond donors (Lipinski definition) is 1. The molecule has 5 nitrogen and oxygen atoms in total. The lowest BCUT2D eigenvalue weighted by molar-refractivity contribution is -0.142. The maximum atomic E-state index is 12.8. The molecule has 23 heavy (non-hydrogen) atoms. The number of carbonyl (C=O) groups excluding carboxylic acids is 2. The lowest BCUT2D eigenvalue weighted by atomic mass is 9.85. The smallest absolute Gasteiger partial charge is 0.257 e. The van der Waals surface area contributed by atoms with Crippen molar-refractivity contribution < 1.29 is 9.59 Å². The van der Waals surface area contributed by atoms with Crippen molar-refractivity contribution in [2.45, 2.75) is 18.9 Å². The molecular formula is C18H15N3O2.